The zero-order chi connectivity index (χ0) is 13.3. The Hall–Kier alpha value is -1.67. The molecule has 0 unspecified atom stereocenters. The third kappa shape index (κ3) is 2.44. The monoisotopic (exact) mass is 274 g/mol. The molecule has 2 N–H and O–H groups in total. The van der Waals surface area contributed by atoms with E-state index < -0.39 is 28.0 Å². The third-order valence-corrected chi connectivity index (χ3v) is 4.47. The second-order valence-corrected chi connectivity index (χ2v) is 5.86. The molecule has 1 aliphatic rings. The van der Waals surface area contributed by atoms with Crippen LogP contribution in [-0.2, 0) is 10.0 Å². The van der Waals surface area contributed by atoms with Crippen LogP contribution in [0.5, 0.6) is 0 Å². The van der Waals surface area contributed by atoms with Gasteiger partial charge in [-0.05, 0) is 24.3 Å². The molecule has 0 atom stereocenters. The number of nitrogens with one attached hydrogen (secondary N) is 1. The van der Waals surface area contributed by atoms with E-state index in [0.29, 0.717) is 0 Å². The summed E-state index contributed by atoms with van der Waals surface area (Å²) in [5.74, 6) is -0.511. The van der Waals surface area contributed by atoms with E-state index in [4.69, 9.17) is 5.11 Å². The molecular weight excluding hydrogens is 263 g/mol. The fourth-order valence-corrected chi connectivity index (χ4v) is 3.19. The van der Waals surface area contributed by atoms with Gasteiger partial charge in [-0.25, -0.2) is 17.6 Å². The molecule has 0 saturated carbocycles. The van der Waals surface area contributed by atoms with E-state index in [1.807, 2.05) is 0 Å². The average Bonchev–Trinajstić information content (AvgIpc) is 2.23. The van der Waals surface area contributed by atoms with Gasteiger partial charge in [0.2, 0.25) is 10.0 Å². The quantitative estimate of drug-likeness (QED) is 0.838. The van der Waals surface area contributed by atoms with Crippen molar-refractivity contribution in [3.05, 3.63) is 30.1 Å². The molecule has 6 nitrogen and oxygen atoms in total. The normalized spacial score (nSPS) is 17.2. The number of nitrogens with zero attached hydrogens (tertiary/aromatic N) is 1. The minimum absolute atomic E-state index is 0.00215. The molecule has 0 bridgehead atoms. The van der Waals surface area contributed by atoms with E-state index in [1.165, 1.54) is 12.1 Å². The lowest BCUT2D eigenvalue weighted by Crippen LogP contribution is -2.60. The van der Waals surface area contributed by atoms with Gasteiger partial charge in [0.1, 0.15) is 5.82 Å². The fourth-order valence-electron chi connectivity index (χ4n) is 1.66. The van der Waals surface area contributed by atoms with Crippen molar-refractivity contribution >= 4 is 16.1 Å². The highest BCUT2D eigenvalue weighted by atomic mass is 32.2. The molecule has 0 aromatic heterocycles. The third-order valence-electron chi connectivity index (χ3n) is 2.63. The van der Waals surface area contributed by atoms with Gasteiger partial charge in [-0.15, -0.1) is 0 Å². The molecular formula is C10H11FN2O4S. The van der Waals surface area contributed by atoms with E-state index in [2.05, 4.69) is 5.32 Å². The predicted molar refractivity (Wildman–Crippen MR) is 60.1 cm³/mol. The Kier molecular flexibility index (Phi) is 3.22. The van der Waals surface area contributed by atoms with Crippen molar-refractivity contribution in [2.75, 3.05) is 13.1 Å². The summed E-state index contributed by atoms with van der Waals surface area (Å²) in [5.41, 5.74) is 0. The van der Waals surface area contributed by atoms with Crippen LogP contribution in [0.1, 0.15) is 0 Å². The van der Waals surface area contributed by atoms with E-state index >= 15 is 0 Å². The van der Waals surface area contributed by atoms with Crippen molar-refractivity contribution in [3.8, 4) is 0 Å². The van der Waals surface area contributed by atoms with Crippen LogP contribution in [0, 0.1) is 5.82 Å². The minimum Gasteiger partial charge on any atom is -0.465 e. The maximum absolute atomic E-state index is 12.7. The Morgan fingerprint density at radius 1 is 1.33 bits per heavy atom. The highest BCUT2D eigenvalue weighted by molar-refractivity contribution is 7.89. The van der Waals surface area contributed by atoms with Gasteiger partial charge in [-0.2, -0.15) is 4.31 Å². The molecule has 18 heavy (non-hydrogen) atoms. The molecule has 2 rings (SSSR count). The Morgan fingerprint density at radius 3 is 2.39 bits per heavy atom. The van der Waals surface area contributed by atoms with Crippen LogP contribution >= 0.6 is 0 Å². The number of rotatable bonds is 3. The van der Waals surface area contributed by atoms with Crippen molar-refractivity contribution in [1.29, 1.82) is 0 Å². The Labute approximate surface area is 103 Å². The van der Waals surface area contributed by atoms with Gasteiger partial charge in [0.15, 0.2) is 0 Å². The number of hydrogen-bond acceptors (Lipinski definition) is 3. The number of sulfonamides is 1. The first-order chi connectivity index (χ1) is 8.39. The Balaban J connectivity index is 2.06. The number of benzene rings is 1. The predicted octanol–water partition coefficient (Wildman–Crippen LogP) is 0.466. The van der Waals surface area contributed by atoms with Gasteiger partial charge >= 0.3 is 6.09 Å². The topological polar surface area (TPSA) is 86.7 Å². The van der Waals surface area contributed by atoms with E-state index in [-0.39, 0.29) is 18.0 Å². The first-order valence-electron chi connectivity index (χ1n) is 5.15. The number of carbonyl (C=O) groups is 1. The molecule has 0 radical (unpaired) electrons. The summed E-state index contributed by atoms with van der Waals surface area (Å²) in [6, 6.07) is 4.11. The van der Waals surface area contributed by atoms with Crippen LogP contribution in [0.25, 0.3) is 0 Å². The smallest absolute Gasteiger partial charge is 0.404 e. The summed E-state index contributed by atoms with van der Waals surface area (Å²) in [6.45, 7) is 0.179. The van der Waals surface area contributed by atoms with Crippen molar-refractivity contribution in [1.82, 2.24) is 9.62 Å². The summed E-state index contributed by atoms with van der Waals surface area (Å²) >= 11 is 0. The maximum Gasteiger partial charge on any atom is 0.404 e. The summed E-state index contributed by atoms with van der Waals surface area (Å²) in [5, 5.41) is 10.7. The second kappa shape index (κ2) is 4.54. The molecule has 1 saturated heterocycles. The second-order valence-electron chi connectivity index (χ2n) is 3.92. The number of hydrogen-bond donors (Lipinski definition) is 2. The lowest BCUT2D eigenvalue weighted by Gasteiger charge is -2.37. The number of carboxylic acid groups (broad SMARTS) is 1. The molecule has 1 aromatic carbocycles. The first-order valence-corrected chi connectivity index (χ1v) is 6.59. The highest BCUT2D eigenvalue weighted by Crippen LogP contribution is 2.21. The summed E-state index contributed by atoms with van der Waals surface area (Å²) in [4.78, 5) is 10.3. The van der Waals surface area contributed by atoms with Crippen LogP contribution in [0.2, 0.25) is 0 Å². The van der Waals surface area contributed by atoms with E-state index in [1.54, 1.807) is 0 Å². The Morgan fingerprint density at radius 2 is 1.89 bits per heavy atom. The Bertz CT molecular complexity index is 552. The van der Waals surface area contributed by atoms with Crippen LogP contribution in [0.15, 0.2) is 29.2 Å². The first kappa shape index (κ1) is 12.8. The van der Waals surface area contributed by atoms with Crippen molar-refractivity contribution < 1.29 is 22.7 Å². The molecule has 98 valence electrons. The SMILES string of the molecule is O=C(O)NC1CN(S(=O)(=O)c2ccc(F)cc2)C1. The fraction of sp³-hybridized carbons (Fsp3) is 0.300. The van der Waals surface area contributed by atoms with Crippen molar-refractivity contribution in [2.45, 2.75) is 10.9 Å². The standard InChI is InChI=1S/C10H11FN2O4S/c11-7-1-3-9(4-2-7)18(16,17)13-5-8(6-13)12-10(14)15/h1-4,8,12H,5-6H2,(H,14,15). The molecule has 8 heteroatoms. The zero-order valence-electron chi connectivity index (χ0n) is 9.21. The summed E-state index contributed by atoms with van der Waals surface area (Å²) in [7, 11) is -3.65. The van der Waals surface area contributed by atoms with Crippen molar-refractivity contribution in [2.24, 2.45) is 0 Å². The van der Waals surface area contributed by atoms with Gasteiger partial charge in [0.05, 0.1) is 10.9 Å². The van der Waals surface area contributed by atoms with Crippen LogP contribution in [-0.4, -0.2) is 43.1 Å². The lowest BCUT2D eigenvalue weighted by atomic mass is 10.2. The lowest BCUT2D eigenvalue weighted by molar-refractivity contribution is 0.168. The van der Waals surface area contributed by atoms with E-state index in [0.717, 1.165) is 16.4 Å². The molecule has 0 spiro atoms. The summed E-state index contributed by atoms with van der Waals surface area (Å²) in [6.07, 6.45) is -1.18. The molecule has 1 aliphatic heterocycles. The van der Waals surface area contributed by atoms with Crippen molar-refractivity contribution in [3.63, 3.8) is 0 Å². The van der Waals surface area contributed by atoms with Crippen LogP contribution in [0.4, 0.5) is 9.18 Å². The highest BCUT2D eigenvalue weighted by Gasteiger charge is 2.37. The maximum atomic E-state index is 12.7. The van der Waals surface area contributed by atoms with E-state index in [9.17, 15) is 17.6 Å². The van der Waals surface area contributed by atoms with Gasteiger partial charge in [-0.3, -0.25) is 0 Å². The van der Waals surface area contributed by atoms with Gasteiger partial charge < -0.3 is 10.4 Å². The molecule has 1 amide bonds. The van der Waals surface area contributed by atoms with Crippen LogP contribution in [0.3, 0.4) is 0 Å². The van der Waals surface area contributed by atoms with Gasteiger partial charge in [0, 0.05) is 13.1 Å². The zero-order valence-corrected chi connectivity index (χ0v) is 10.0. The molecule has 0 aliphatic carbocycles. The average molecular weight is 274 g/mol. The largest absolute Gasteiger partial charge is 0.465 e. The molecule has 1 heterocycles. The van der Waals surface area contributed by atoms with Crippen LogP contribution < -0.4 is 5.32 Å². The minimum atomic E-state index is -3.65. The van der Waals surface area contributed by atoms with Gasteiger partial charge in [-0.1, -0.05) is 0 Å². The summed E-state index contributed by atoms with van der Waals surface area (Å²) < 4.78 is 37.8. The number of halogens is 1. The number of amides is 1. The molecule has 1 fully saturated rings. The molecule has 1 aromatic rings. The van der Waals surface area contributed by atoms with Gasteiger partial charge in [0.25, 0.3) is 0 Å².